The molecule has 102 valence electrons. The first-order valence-electron chi connectivity index (χ1n) is 5.18. The number of halogens is 2. The van der Waals surface area contributed by atoms with E-state index in [1.807, 2.05) is 0 Å². The summed E-state index contributed by atoms with van der Waals surface area (Å²) in [5, 5.41) is 0. The van der Waals surface area contributed by atoms with E-state index in [2.05, 4.69) is 0 Å². The number of rotatable bonds is 6. The Kier molecular flexibility index (Phi) is 5.49. The van der Waals surface area contributed by atoms with Crippen molar-refractivity contribution in [2.24, 2.45) is 5.73 Å². The van der Waals surface area contributed by atoms with Gasteiger partial charge < -0.3 is 15.2 Å². The first kappa shape index (κ1) is 14.8. The van der Waals surface area contributed by atoms with Crippen LogP contribution in [0.15, 0.2) is 17.0 Å². The minimum Gasteiger partial charge on any atom is -0.496 e. The molecule has 2 N–H and O–H groups in total. The second-order valence-electron chi connectivity index (χ2n) is 3.41. The summed E-state index contributed by atoms with van der Waals surface area (Å²) in [4.78, 5) is -0.0786. The van der Waals surface area contributed by atoms with Gasteiger partial charge in [0.2, 0.25) is 0 Å². The number of alkyl halides is 2. The molecule has 1 aromatic carbocycles. The van der Waals surface area contributed by atoms with Crippen LogP contribution < -0.4 is 15.2 Å². The van der Waals surface area contributed by atoms with Crippen LogP contribution in [-0.2, 0) is 17.2 Å². The molecule has 0 aliphatic heterocycles. The lowest BCUT2D eigenvalue weighted by Crippen LogP contribution is -2.08. The molecule has 0 aliphatic rings. The number of hydrogen-bond acceptors (Lipinski definition) is 4. The van der Waals surface area contributed by atoms with Crippen molar-refractivity contribution >= 4 is 10.8 Å². The van der Waals surface area contributed by atoms with E-state index in [0.717, 1.165) is 5.56 Å². The first-order valence-corrected chi connectivity index (χ1v) is 6.40. The van der Waals surface area contributed by atoms with Crippen LogP contribution in [0.1, 0.15) is 5.56 Å². The number of ether oxygens (including phenoxy) is 2. The van der Waals surface area contributed by atoms with Crippen LogP contribution in [0.3, 0.4) is 0 Å². The second kappa shape index (κ2) is 6.65. The van der Waals surface area contributed by atoms with Gasteiger partial charge in [0, 0.05) is 6.07 Å². The van der Waals surface area contributed by atoms with E-state index in [-0.39, 0.29) is 10.6 Å². The van der Waals surface area contributed by atoms with Gasteiger partial charge in [-0.15, -0.1) is 0 Å². The van der Waals surface area contributed by atoms with Crippen molar-refractivity contribution in [3.05, 3.63) is 17.7 Å². The van der Waals surface area contributed by atoms with Crippen LogP contribution in [0.5, 0.6) is 11.5 Å². The van der Waals surface area contributed by atoms with Gasteiger partial charge in [0.05, 0.1) is 19.1 Å². The van der Waals surface area contributed by atoms with Crippen LogP contribution in [0.4, 0.5) is 8.78 Å². The predicted octanol–water partition coefficient (Wildman–Crippen LogP) is 1.54. The summed E-state index contributed by atoms with van der Waals surface area (Å²) in [6.45, 7) is 0.386. The van der Waals surface area contributed by atoms with Crippen molar-refractivity contribution in [1.29, 1.82) is 0 Å². The quantitative estimate of drug-likeness (QED) is 0.858. The highest BCUT2D eigenvalue weighted by atomic mass is 32.2. The summed E-state index contributed by atoms with van der Waals surface area (Å²) in [6.07, 6.45) is 0.515. The van der Waals surface area contributed by atoms with E-state index < -0.39 is 16.6 Å². The summed E-state index contributed by atoms with van der Waals surface area (Å²) in [5.41, 5.74) is 6.17. The number of hydrogen-bond donors (Lipinski definition) is 1. The third-order valence-corrected chi connectivity index (χ3v) is 3.44. The minimum absolute atomic E-state index is 0.0786. The van der Waals surface area contributed by atoms with E-state index in [1.165, 1.54) is 26.4 Å². The topological polar surface area (TPSA) is 61.5 Å². The van der Waals surface area contributed by atoms with Crippen LogP contribution in [0, 0.1) is 0 Å². The third kappa shape index (κ3) is 3.17. The van der Waals surface area contributed by atoms with Gasteiger partial charge in [0.25, 0.3) is 0 Å². The van der Waals surface area contributed by atoms with Crippen molar-refractivity contribution < 1.29 is 22.5 Å². The summed E-state index contributed by atoms with van der Waals surface area (Å²) in [5.74, 6) is -2.44. The molecule has 1 aromatic rings. The molecular weight excluding hydrogens is 264 g/mol. The Balaban J connectivity index is 3.30. The molecule has 0 bridgehead atoms. The van der Waals surface area contributed by atoms with E-state index in [9.17, 15) is 13.0 Å². The molecule has 0 fully saturated rings. The maximum absolute atomic E-state index is 12.5. The molecule has 0 aromatic heterocycles. The summed E-state index contributed by atoms with van der Waals surface area (Å²) in [6, 6.07) is 2.84. The first-order chi connectivity index (χ1) is 8.54. The van der Waals surface area contributed by atoms with Crippen LogP contribution >= 0.6 is 0 Å². The second-order valence-corrected chi connectivity index (χ2v) is 4.80. The normalized spacial score (nSPS) is 12.6. The maximum Gasteiger partial charge on any atom is 0.316 e. The van der Waals surface area contributed by atoms with Gasteiger partial charge in [0.15, 0.2) is 0 Å². The Labute approximate surface area is 107 Å². The van der Waals surface area contributed by atoms with Crippen LogP contribution in [-0.4, -0.2) is 30.7 Å². The van der Waals surface area contributed by atoms with Gasteiger partial charge in [-0.2, -0.15) is 8.78 Å². The zero-order chi connectivity index (χ0) is 13.7. The molecule has 0 aliphatic carbocycles. The maximum atomic E-state index is 12.5. The van der Waals surface area contributed by atoms with Crippen molar-refractivity contribution in [1.82, 2.24) is 0 Å². The fourth-order valence-electron chi connectivity index (χ4n) is 1.54. The van der Waals surface area contributed by atoms with Crippen LogP contribution in [0.2, 0.25) is 0 Å². The third-order valence-electron chi connectivity index (χ3n) is 2.36. The molecule has 1 atom stereocenters. The lowest BCUT2D eigenvalue weighted by Gasteiger charge is -2.14. The average Bonchev–Trinajstić information content (AvgIpc) is 2.37. The predicted molar refractivity (Wildman–Crippen MR) is 64.7 cm³/mol. The van der Waals surface area contributed by atoms with Crippen molar-refractivity contribution in [3.8, 4) is 11.5 Å². The molecule has 18 heavy (non-hydrogen) atoms. The number of nitrogens with two attached hydrogens (primary N) is 1. The molecule has 0 saturated heterocycles. The van der Waals surface area contributed by atoms with Crippen molar-refractivity contribution in [2.75, 3.05) is 20.8 Å². The summed E-state index contributed by atoms with van der Waals surface area (Å²) >= 11 is 0. The zero-order valence-corrected chi connectivity index (χ0v) is 10.9. The van der Waals surface area contributed by atoms with E-state index in [1.54, 1.807) is 0 Å². The summed E-state index contributed by atoms with van der Waals surface area (Å²) in [7, 11) is 0.307. The SMILES string of the molecule is COc1cc(S(=O)C(F)F)c(OC)cc1CCN. The minimum atomic E-state index is -2.97. The zero-order valence-electron chi connectivity index (χ0n) is 10.1. The largest absolute Gasteiger partial charge is 0.496 e. The molecule has 0 saturated carbocycles. The standard InChI is InChI=1S/C11H15F2NO3S/c1-16-8-6-10(18(15)11(12)13)9(17-2)5-7(8)3-4-14/h5-6,11H,3-4,14H2,1-2H3. The lowest BCUT2D eigenvalue weighted by atomic mass is 10.1. The number of benzene rings is 1. The Morgan fingerprint density at radius 3 is 2.33 bits per heavy atom. The fraction of sp³-hybridized carbons (Fsp3) is 0.455. The Morgan fingerprint density at radius 1 is 1.28 bits per heavy atom. The molecule has 0 radical (unpaired) electrons. The van der Waals surface area contributed by atoms with Crippen molar-refractivity contribution in [3.63, 3.8) is 0 Å². The van der Waals surface area contributed by atoms with Gasteiger partial charge >= 0.3 is 5.76 Å². The summed E-state index contributed by atoms with van der Waals surface area (Å²) < 4.78 is 46.5. The average molecular weight is 279 g/mol. The lowest BCUT2D eigenvalue weighted by molar-refractivity contribution is 0.243. The molecule has 1 rings (SSSR count). The fourth-order valence-corrected chi connectivity index (χ4v) is 2.29. The highest BCUT2D eigenvalue weighted by Crippen LogP contribution is 2.32. The van der Waals surface area contributed by atoms with Gasteiger partial charge in [-0.1, -0.05) is 0 Å². The van der Waals surface area contributed by atoms with E-state index >= 15 is 0 Å². The monoisotopic (exact) mass is 279 g/mol. The molecule has 7 heteroatoms. The van der Waals surface area contributed by atoms with Gasteiger partial charge in [0.1, 0.15) is 22.3 Å². The Morgan fingerprint density at radius 2 is 1.89 bits per heavy atom. The van der Waals surface area contributed by atoms with E-state index in [0.29, 0.717) is 18.7 Å². The smallest absolute Gasteiger partial charge is 0.316 e. The molecule has 1 unspecified atom stereocenters. The highest BCUT2D eigenvalue weighted by molar-refractivity contribution is 7.85. The van der Waals surface area contributed by atoms with Gasteiger partial charge in [-0.3, -0.25) is 0 Å². The molecule has 0 amide bonds. The highest BCUT2D eigenvalue weighted by Gasteiger charge is 2.22. The Bertz CT molecular complexity index is 441. The molecule has 0 heterocycles. The van der Waals surface area contributed by atoms with E-state index in [4.69, 9.17) is 15.2 Å². The Hall–Kier alpha value is -1.21. The van der Waals surface area contributed by atoms with Crippen LogP contribution in [0.25, 0.3) is 0 Å². The van der Waals surface area contributed by atoms with Crippen molar-refractivity contribution in [2.45, 2.75) is 17.1 Å². The van der Waals surface area contributed by atoms with Gasteiger partial charge in [-0.05, 0) is 24.6 Å². The molecule has 4 nitrogen and oxygen atoms in total. The number of methoxy groups -OCH3 is 2. The molecular formula is C11H15F2NO3S. The molecule has 0 spiro atoms. The van der Waals surface area contributed by atoms with Gasteiger partial charge in [-0.25, -0.2) is 4.21 Å².